The monoisotopic (exact) mass is 305 g/mol. The Labute approximate surface area is 132 Å². The van der Waals surface area contributed by atoms with E-state index in [1.165, 1.54) is 12.8 Å². The van der Waals surface area contributed by atoms with Crippen LogP contribution in [-0.2, 0) is 4.79 Å². The van der Waals surface area contributed by atoms with E-state index < -0.39 is 0 Å². The minimum absolute atomic E-state index is 0.0255. The van der Waals surface area contributed by atoms with Gasteiger partial charge in [-0.05, 0) is 65.3 Å². The molecule has 1 aromatic heterocycles. The van der Waals surface area contributed by atoms with Crippen molar-refractivity contribution in [1.29, 1.82) is 0 Å². The molecule has 1 aromatic rings. The van der Waals surface area contributed by atoms with Crippen LogP contribution in [-0.4, -0.2) is 47.8 Å². The van der Waals surface area contributed by atoms with E-state index in [2.05, 4.69) is 17.3 Å². The third-order valence-corrected chi connectivity index (χ3v) is 4.80. The number of hydrogen-bond acceptors (Lipinski definition) is 3. The lowest BCUT2D eigenvalue weighted by molar-refractivity contribution is -0.123. The lowest BCUT2D eigenvalue weighted by atomic mass is 10.1. The Kier molecular flexibility index (Phi) is 5.40. The molecule has 22 heavy (non-hydrogen) atoms. The molecule has 1 aliphatic rings. The summed E-state index contributed by atoms with van der Waals surface area (Å²) in [6.45, 7) is 7.51. The van der Waals surface area contributed by atoms with Crippen LogP contribution in [0.1, 0.15) is 54.0 Å². The summed E-state index contributed by atoms with van der Waals surface area (Å²) < 4.78 is 1.82. The zero-order valence-corrected chi connectivity index (χ0v) is 14.1. The van der Waals surface area contributed by atoms with Gasteiger partial charge < -0.3 is 14.8 Å². The van der Waals surface area contributed by atoms with Crippen molar-refractivity contribution in [2.75, 3.05) is 20.1 Å². The molecule has 0 spiro atoms. The first-order valence-corrected chi connectivity index (χ1v) is 8.07. The molecule has 0 radical (unpaired) electrons. The molecular formula is C17H27N3O2. The van der Waals surface area contributed by atoms with E-state index in [9.17, 15) is 9.59 Å². The molecule has 122 valence electrons. The molecule has 2 rings (SSSR count). The van der Waals surface area contributed by atoms with Crippen LogP contribution in [0.4, 0.5) is 0 Å². The van der Waals surface area contributed by atoms with Crippen LogP contribution < -0.4 is 5.32 Å². The summed E-state index contributed by atoms with van der Waals surface area (Å²) in [5.41, 5.74) is 2.45. The van der Waals surface area contributed by atoms with Crippen LogP contribution in [0.2, 0.25) is 0 Å². The number of amides is 1. The second kappa shape index (κ2) is 7.09. The first-order valence-electron chi connectivity index (χ1n) is 8.07. The molecule has 2 atom stereocenters. The van der Waals surface area contributed by atoms with Crippen LogP contribution in [0, 0.1) is 13.8 Å². The van der Waals surface area contributed by atoms with E-state index >= 15 is 0 Å². The molecule has 0 bridgehead atoms. The maximum absolute atomic E-state index is 12.4. The van der Waals surface area contributed by atoms with E-state index in [1.54, 1.807) is 0 Å². The van der Waals surface area contributed by atoms with Crippen LogP contribution in [0.3, 0.4) is 0 Å². The van der Waals surface area contributed by atoms with Crippen molar-refractivity contribution < 1.29 is 9.59 Å². The van der Waals surface area contributed by atoms with E-state index in [4.69, 9.17) is 0 Å². The summed E-state index contributed by atoms with van der Waals surface area (Å²) in [7, 11) is 2.14. The Morgan fingerprint density at radius 1 is 1.50 bits per heavy atom. The summed E-state index contributed by atoms with van der Waals surface area (Å²) in [6, 6.07) is 2.16. The topological polar surface area (TPSA) is 54.3 Å². The number of hydrogen-bond donors (Lipinski definition) is 1. The number of rotatable bonds is 6. The Morgan fingerprint density at radius 2 is 2.23 bits per heavy atom. The van der Waals surface area contributed by atoms with Gasteiger partial charge in [0, 0.05) is 18.3 Å². The third-order valence-electron chi connectivity index (χ3n) is 4.80. The molecular weight excluding hydrogens is 278 g/mol. The average molecular weight is 305 g/mol. The van der Waals surface area contributed by atoms with Crippen LogP contribution in [0.25, 0.3) is 0 Å². The van der Waals surface area contributed by atoms with Crippen molar-refractivity contribution >= 4 is 12.2 Å². The normalized spacial score (nSPS) is 20.1. The van der Waals surface area contributed by atoms with Crippen LogP contribution >= 0.6 is 0 Å². The van der Waals surface area contributed by atoms with Crippen molar-refractivity contribution in [3.05, 3.63) is 23.0 Å². The fourth-order valence-electron chi connectivity index (χ4n) is 3.47. The highest BCUT2D eigenvalue weighted by atomic mass is 16.2. The molecule has 0 aromatic carbocycles. The van der Waals surface area contributed by atoms with Gasteiger partial charge in [-0.3, -0.25) is 9.59 Å². The number of nitrogens with one attached hydrogen (secondary N) is 1. The van der Waals surface area contributed by atoms with Gasteiger partial charge in [-0.15, -0.1) is 0 Å². The molecule has 2 heterocycles. The van der Waals surface area contributed by atoms with Gasteiger partial charge in [0.1, 0.15) is 6.04 Å². The smallest absolute Gasteiger partial charge is 0.242 e. The Hall–Kier alpha value is -1.62. The molecule has 0 saturated carbocycles. The number of carbonyl (C=O) groups excluding carboxylic acids is 2. The van der Waals surface area contributed by atoms with E-state index in [0.29, 0.717) is 18.3 Å². The molecule has 5 nitrogen and oxygen atoms in total. The zero-order chi connectivity index (χ0) is 16.3. The number of carbonyl (C=O) groups is 2. The van der Waals surface area contributed by atoms with Crippen molar-refractivity contribution in [2.45, 2.75) is 52.1 Å². The van der Waals surface area contributed by atoms with Crippen LogP contribution in [0.15, 0.2) is 6.07 Å². The fourth-order valence-corrected chi connectivity index (χ4v) is 3.47. The maximum atomic E-state index is 12.4. The summed E-state index contributed by atoms with van der Waals surface area (Å²) in [6.07, 6.45) is 4.28. The predicted molar refractivity (Wildman–Crippen MR) is 87.3 cm³/mol. The first kappa shape index (κ1) is 16.7. The number of likely N-dealkylation sites (tertiary alicyclic amines) is 1. The summed E-state index contributed by atoms with van der Waals surface area (Å²) >= 11 is 0. The highest BCUT2D eigenvalue weighted by Gasteiger charge is 2.23. The number of nitrogens with zero attached hydrogens (tertiary/aromatic N) is 2. The zero-order valence-electron chi connectivity index (χ0n) is 14.1. The van der Waals surface area contributed by atoms with Crippen LogP contribution in [0.5, 0.6) is 0 Å². The molecule has 2 unspecified atom stereocenters. The SMILES string of the molecule is Cc1cc(C)n(C(C)C(=O)NCCC2CCCN2C)c1C=O. The van der Waals surface area contributed by atoms with Gasteiger partial charge in [-0.2, -0.15) is 0 Å². The molecule has 5 heteroatoms. The van der Waals surface area contributed by atoms with Crippen molar-refractivity contribution in [1.82, 2.24) is 14.8 Å². The lowest BCUT2D eigenvalue weighted by Gasteiger charge is -2.21. The van der Waals surface area contributed by atoms with Gasteiger partial charge in [0.15, 0.2) is 6.29 Å². The lowest BCUT2D eigenvalue weighted by Crippen LogP contribution is -2.35. The van der Waals surface area contributed by atoms with Crippen molar-refractivity contribution in [3.63, 3.8) is 0 Å². The molecule has 1 N–H and O–H groups in total. The second-order valence-corrected chi connectivity index (χ2v) is 6.37. The maximum Gasteiger partial charge on any atom is 0.242 e. The Balaban J connectivity index is 1.93. The number of aryl methyl sites for hydroxylation is 2. The average Bonchev–Trinajstić information content (AvgIpc) is 3.00. The molecule has 1 amide bonds. The number of aromatic nitrogens is 1. The van der Waals surface area contributed by atoms with Gasteiger partial charge >= 0.3 is 0 Å². The third kappa shape index (κ3) is 3.40. The minimum atomic E-state index is -0.366. The minimum Gasteiger partial charge on any atom is -0.354 e. The summed E-state index contributed by atoms with van der Waals surface area (Å²) in [5.74, 6) is -0.0255. The second-order valence-electron chi connectivity index (χ2n) is 6.37. The summed E-state index contributed by atoms with van der Waals surface area (Å²) in [5, 5.41) is 3.01. The highest BCUT2D eigenvalue weighted by Crippen LogP contribution is 2.20. The highest BCUT2D eigenvalue weighted by molar-refractivity contribution is 5.82. The van der Waals surface area contributed by atoms with Crippen molar-refractivity contribution in [3.8, 4) is 0 Å². The standard InChI is InChI=1S/C17H27N3O2/c1-12-10-13(2)20(16(12)11-21)14(3)17(22)18-8-7-15-6-5-9-19(15)4/h10-11,14-15H,5-9H2,1-4H3,(H,18,22). The van der Waals surface area contributed by atoms with Gasteiger partial charge in [0.05, 0.1) is 5.69 Å². The molecule has 0 aliphatic carbocycles. The quantitative estimate of drug-likeness (QED) is 0.819. The summed E-state index contributed by atoms with van der Waals surface area (Å²) in [4.78, 5) is 26.0. The predicted octanol–water partition coefficient (Wildman–Crippen LogP) is 2.08. The van der Waals surface area contributed by atoms with E-state index in [1.807, 2.05) is 31.4 Å². The first-order chi connectivity index (χ1) is 10.5. The Morgan fingerprint density at radius 3 is 2.82 bits per heavy atom. The van der Waals surface area contributed by atoms with Gasteiger partial charge in [-0.1, -0.05) is 0 Å². The van der Waals surface area contributed by atoms with Crippen molar-refractivity contribution in [2.24, 2.45) is 0 Å². The Bertz CT molecular complexity index is 550. The fraction of sp³-hybridized carbons (Fsp3) is 0.647. The largest absolute Gasteiger partial charge is 0.354 e. The van der Waals surface area contributed by atoms with E-state index in [0.717, 1.165) is 30.5 Å². The number of aldehydes is 1. The van der Waals surface area contributed by atoms with Gasteiger partial charge in [0.25, 0.3) is 0 Å². The van der Waals surface area contributed by atoms with Gasteiger partial charge in [0.2, 0.25) is 5.91 Å². The van der Waals surface area contributed by atoms with E-state index in [-0.39, 0.29) is 11.9 Å². The van der Waals surface area contributed by atoms with Gasteiger partial charge in [-0.25, -0.2) is 0 Å². The molecule has 1 fully saturated rings. The molecule has 1 aliphatic heterocycles. The molecule has 1 saturated heterocycles.